The van der Waals surface area contributed by atoms with Crippen molar-refractivity contribution in [1.82, 2.24) is 15.1 Å². The van der Waals surface area contributed by atoms with Crippen LogP contribution >= 0.6 is 0 Å². The van der Waals surface area contributed by atoms with Gasteiger partial charge in [0.05, 0.1) is 17.5 Å². The zero-order valence-corrected chi connectivity index (χ0v) is 12.0. The van der Waals surface area contributed by atoms with Gasteiger partial charge in [-0.15, -0.1) is 5.10 Å². The Kier molecular flexibility index (Phi) is 3.85. The van der Waals surface area contributed by atoms with Gasteiger partial charge in [-0.2, -0.15) is 5.10 Å². The molecule has 3 heterocycles. The molecule has 1 aliphatic rings. The van der Waals surface area contributed by atoms with E-state index in [2.05, 4.69) is 15.5 Å². The standard InChI is InChI=1S/C15H18N4O2/c1-11-2-3-14(18-17-11)16-13-4-7-19(8-5-13)15(20)12-6-9-21-10-12/h2-3,6,9-10,13H,4-5,7-8H2,1H3,(H,16,18). The highest BCUT2D eigenvalue weighted by Crippen LogP contribution is 2.17. The lowest BCUT2D eigenvalue weighted by atomic mass is 10.0. The van der Waals surface area contributed by atoms with Crippen molar-refractivity contribution in [1.29, 1.82) is 0 Å². The summed E-state index contributed by atoms with van der Waals surface area (Å²) in [5.74, 6) is 0.831. The summed E-state index contributed by atoms with van der Waals surface area (Å²) in [6.07, 6.45) is 4.82. The van der Waals surface area contributed by atoms with Crippen molar-refractivity contribution in [2.24, 2.45) is 0 Å². The molecule has 2 aromatic rings. The molecule has 0 radical (unpaired) electrons. The number of aromatic nitrogens is 2. The average molecular weight is 286 g/mol. The summed E-state index contributed by atoms with van der Waals surface area (Å²) in [7, 11) is 0. The van der Waals surface area contributed by atoms with Crippen LogP contribution in [0.3, 0.4) is 0 Å². The van der Waals surface area contributed by atoms with Crippen LogP contribution in [0.5, 0.6) is 0 Å². The summed E-state index contributed by atoms with van der Waals surface area (Å²) in [6, 6.07) is 5.91. The second-order valence-corrected chi connectivity index (χ2v) is 5.28. The Labute approximate surface area is 123 Å². The van der Waals surface area contributed by atoms with Crippen molar-refractivity contribution < 1.29 is 9.21 Å². The Morgan fingerprint density at radius 3 is 2.71 bits per heavy atom. The van der Waals surface area contributed by atoms with Crippen LogP contribution in [0.2, 0.25) is 0 Å². The molecule has 0 unspecified atom stereocenters. The average Bonchev–Trinajstić information content (AvgIpc) is 3.04. The molecule has 1 N–H and O–H groups in total. The topological polar surface area (TPSA) is 71.3 Å². The molecule has 1 aliphatic heterocycles. The molecular weight excluding hydrogens is 268 g/mol. The second kappa shape index (κ2) is 5.95. The van der Waals surface area contributed by atoms with Gasteiger partial charge < -0.3 is 14.6 Å². The fourth-order valence-corrected chi connectivity index (χ4v) is 2.48. The summed E-state index contributed by atoms with van der Waals surface area (Å²) >= 11 is 0. The minimum absolute atomic E-state index is 0.0392. The number of amides is 1. The van der Waals surface area contributed by atoms with Crippen molar-refractivity contribution in [3.05, 3.63) is 42.0 Å². The summed E-state index contributed by atoms with van der Waals surface area (Å²) in [4.78, 5) is 14.1. The van der Waals surface area contributed by atoms with Gasteiger partial charge in [0.1, 0.15) is 12.1 Å². The van der Waals surface area contributed by atoms with Gasteiger partial charge >= 0.3 is 0 Å². The highest BCUT2D eigenvalue weighted by molar-refractivity contribution is 5.93. The number of hydrogen-bond acceptors (Lipinski definition) is 5. The van der Waals surface area contributed by atoms with E-state index in [1.54, 1.807) is 6.07 Å². The third-order valence-corrected chi connectivity index (χ3v) is 3.70. The van der Waals surface area contributed by atoms with E-state index in [4.69, 9.17) is 4.42 Å². The zero-order chi connectivity index (χ0) is 14.7. The van der Waals surface area contributed by atoms with Crippen LogP contribution in [0.25, 0.3) is 0 Å². The minimum atomic E-state index is 0.0392. The first-order chi connectivity index (χ1) is 10.2. The van der Waals surface area contributed by atoms with Crippen LogP contribution in [0.15, 0.2) is 35.1 Å². The third-order valence-electron chi connectivity index (χ3n) is 3.70. The highest BCUT2D eigenvalue weighted by atomic mass is 16.3. The fourth-order valence-electron chi connectivity index (χ4n) is 2.48. The predicted octanol–water partition coefficient (Wildman–Crippen LogP) is 2.09. The van der Waals surface area contributed by atoms with Gasteiger partial charge in [0, 0.05) is 19.1 Å². The number of likely N-dealkylation sites (tertiary alicyclic amines) is 1. The van der Waals surface area contributed by atoms with Crippen LogP contribution in [0, 0.1) is 6.92 Å². The summed E-state index contributed by atoms with van der Waals surface area (Å²) in [6.45, 7) is 3.39. The molecule has 0 bridgehead atoms. The van der Waals surface area contributed by atoms with Gasteiger partial charge in [-0.25, -0.2) is 0 Å². The third kappa shape index (κ3) is 3.21. The number of hydrogen-bond donors (Lipinski definition) is 1. The Balaban J connectivity index is 1.53. The number of anilines is 1. The largest absolute Gasteiger partial charge is 0.472 e. The molecule has 21 heavy (non-hydrogen) atoms. The molecule has 0 spiro atoms. The molecule has 110 valence electrons. The molecule has 0 atom stereocenters. The van der Waals surface area contributed by atoms with Gasteiger partial charge in [-0.05, 0) is 38.0 Å². The van der Waals surface area contributed by atoms with E-state index in [1.807, 2.05) is 24.0 Å². The van der Waals surface area contributed by atoms with Crippen LogP contribution in [0.1, 0.15) is 28.9 Å². The van der Waals surface area contributed by atoms with E-state index in [0.717, 1.165) is 37.4 Å². The van der Waals surface area contributed by atoms with E-state index in [1.165, 1.54) is 12.5 Å². The molecular formula is C15H18N4O2. The lowest BCUT2D eigenvalue weighted by Gasteiger charge is -2.32. The van der Waals surface area contributed by atoms with E-state index in [9.17, 15) is 4.79 Å². The number of aryl methyl sites for hydroxylation is 1. The predicted molar refractivity (Wildman–Crippen MR) is 78.0 cm³/mol. The molecule has 0 saturated carbocycles. The van der Waals surface area contributed by atoms with E-state index < -0.39 is 0 Å². The number of piperidine rings is 1. The van der Waals surface area contributed by atoms with Crippen LogP contribution in [-0.4, -0.2) is 40.1 Å². The first kappa shape index (κ1) is 13.6. The normalized spacial score (nSPS) is 16.0. The van der Waals surface area contributed by atoms with E-state index in [0.29, 0.717) is 11.6 Å². The summed E-state index contributed by atoms with van der Waals surface area (Å²) in [5, 5.41) is 11.5. The number of nitrogens with zero attached hydrogens (tertiary/aromatic N) is 3. The maximum Gasteiger partial charge on any atom is 0.257 e. The Morgan fingerprint density at radius 1 is 1.29 bits per heavy atom. The molecule has 1 amide bonds. The van der Waals surface area contributed by atoms with Crippen molar-refractivity contribution in [3.63, 3.8) is 0 Å². The van der Waals surface area contributed by atoms with Crippen LogP contribution in [0.4, 0.5) is 5.82 Å². The van der Waals surface area contributed by atoms with Crippen molar-refractivity contribution in [2.75, 3.05) is 18.4 Å². The molecule has 6 heteroatoms. The molecule has 1 saturated heterocycles. The highest BCUT2D eigenvalue weighted by Gasteiger charge is 2.24. The van der Waals surface area contributed by atoms with Gasteiger partial charge in [0.25, 0.3) is 5.91 Å². The molecule has 2 aromatic heterocycles. The molecule has 3 rings (SSSR count). The van der Waals surface area contributed by atoms with Gasteiger partial charge in [-0.3, -0.25) is 4.79 Å². The van der Waals surface area contributed by atoms with Crippen LogP contribution < -0.4 is 5.32 Å². The quantitative estimate of drug-likeness (QED) is 0.935. The lowest BCUT2D eigenvalue weighted by molar-refractivity contribution is 0.0717. The van der Waals surface area contributed by atoms with Crippen molar-refractivity contribution in [2.45, 2.75) is 25.8 Å². The SMILES string of the molecule is Cc1ccc(NC2CCN(C(=O)c3ccoc3)CC2)nn1. The summed E-state index contributed by atoms with van der Waals surface area (Å²) in [5.41, 5.74) is 1.52. The first-order valence-corrected chi connectivity index (χ1v) is 7.11. The molecule has 1 fully saturated rings. The number of carbonyl (C=O) groups excluding carboxylic acids is 1. The molecule has 0 aliphatic carbocycles. The monoisotopic (exact) mass is 286 g/mol. The van der Waals surface area contributed by atoms with Gasteiger partial charge in [0.15, 0.2) is 0 Å². The summed E-state index contributed by atoms with van der Waals surface area (Å²) < 4.78 is 4.96. The fraction of sp³-hybridized carbons (Fsp3) is 0.400. The zero-order valence-electron chi connectivity index (χ0n) is 12.0. The Bertz CT molecular complexity index is 587. The Morgan fingerprint density at radius 2 is 2.10 bits per heavy atom. The maximum atomic E-state index is 12.2. The number of furan rings is 1. The minimum Gasteiger partial charge on any atom is -0.472 e. The Hall–Kier alpha value is -2.37. The van der Waals surface area contributed by atoms with Gasteiger partial charge in [0.2, 0.25) is 0 Å². The van der Waals surface area contributed by atoms with E-state index >= 15 is 0 Å². The van der Waals surface area contributed by atoms with Gasteiger partial charge in [-0.1, -0.05) is 0 Å². The molecule has 6 nitrogen and oxygen atoms in total. The maximum absolute atomic E-state index is 12.2. The van der Waals surface area contributed by atoms with Crippen molar-refractivity contribution in [3.8, 4) is 0 Å². The second-order valence-electron chi connectivity index (χ2n) is 5.28. The first-order valence-electron chi connectivity index (χ1n) is 7.11. The number of carbonyl (C=O) groups is 1. The number of nitrogens with one attached hydrogen (secondary N) is 1. The van der Waals surface area contributed by atoms with Crippen LogP contribution in [-0.2, 0) is 0 Å². The number of rotatable bonds is 3. The molecule has 0 aromatic carbocycles. The lowest BCUT2D eigenvalue weighted by Crippen LogP contribution is -2.42. The van der Waals surface area contributed by atoms with E-state index in [-0.39, 0.29) is 5.91 Å². The smallest absolute Gasteiger partial charge is 0.257 e. The van der Waals surface area contributed by atoms with Crippen molar-refractivity contribution >= 4 is 11.7 Å².